The Hall–Kier alpha value is -3.32. The van der Waals surface area contributed by atoms with E-state index in [-0.39, 0.29) is 5.56 Å². The summed E-state index contributed by atoms with van der Waals surface area (Å²) in [6.07, 6.45) is 7.22. The monoisotopic (exact) mass is 405 g/mol. The van der Waals surface area contributed by atoms with Gasteiger partial charge < -0.3 is 15.6 Å². The Morgan fingerprint density at radius 2 is 1.73 bits per heavy atom. The molecule has 0 unspecified atom stereocenters. The van der Waals surface area contributed by atoms with E-state index in [0.717, 1.165) is 42.4 Å². The second-order valence-electron chi connectivity index (χ2n) is 7.48. The normalized spacial score (nSPS) is 14.9. The van der Waals surface area contributed by atoms with Crippen LogP contribution in [0.1, 0.15) is 12.8 Å². The molecule has 2 aromatic heterocycles. The molecule has 5 nitrogen and oxygen atoms in total. The highest BCUT2D eigenvalue weighted by Crippen LogP contribution is 2.35. The van der Waals surface area contributed by atoms with Crippen LogP contribution in [0.2, 0.25) is 0 Å². The zero-order valence-corrected chi connectivity index (χ0v) is 16.3. The van der Waals surface area contributed by atoms with Crippen LogP contribution in [0.4, 0.5) is 14.6 Å². The standard InChI is InChI=1S/C23H21F2N5/c24-18-2-1-3-19(25)21(18)14-4-5-20-16(12-14)17(13-29-20)22-23(28-11-10-27-22)30-15-6-8-26-9-7-15/h1-5,10-13,15,26,29H,6-9H2,(H,28,30). The molecule has 1 saturated heterocycles. The summed E-state index contributed by atoms with van der Waals surface area (Å²) < 4.78 is 28.6. The Balaban J connectivity index is 1.59. The molecule has 5 rings (SSSR count). The Morgan fingerprint density at radius 1 is 0.967 bits per heavy atom. The van der Waals surface area contributed by atoms with Crippen molar-refractivity contribution in [2.75, 3.05) is 18.4 Å². The summed E-state index contributed by atoms with van der Waals surface area (Å²) >= 11 is 0. The van der Waals surface area contributed by atoms with Crippen LogP contribution < -0.4 is 10.6 Å². The summed E-state index contributed by atoms with van der Waals surface area (Å²) in [6, 6.07) is 9.58. The van der Waals surface area contributed by atoms with Gasteiger partial charge in [-0.3, -0.25) is 4.98 Å². The number of halogens is 2. The van der Waals surface area contributed by atoms with Gasteiger partial charge in [-0.05, 0) is 55.8 Å². The highest BCUT2D eigenvalue weighted by molar-refractivity contribution is 5.99. The van der Waals surface area contributed by atoms with E-state index in [0.29, 0.717) is 23.1 Å². The van der Waals surface area contributed by atoms with Gasteiger partial charge in [-0.1, -0.05) is 12.1 Å². The van der Waals surface area contributed by atoms with Crippen LogP contribution in [0.15, 0.2) is 55.0 Å². The minimum Gasteiger partial charge on any atom is -0.365 e. The van der Waals surface area contributed by atoms with Gasteiger partial charge in [0.2, 0.25) is 0 Å². The highest BCUT2D eigenvalue weighted by Gasteiger charge is 2.19. The molecule has 3 N–H and O–H groups in total. The number of nitrogens with zero attached hydrogens (tertiary/aromatic N) is 2. The average molecular weight is 405 g/mol. The first kappa shape index (κ1) is 18.7. The number of hydrogen-bond donors (Lipinski definition) is 3. The van der Waals surface area contributed by atoms with Gasteiger partial charge >= 0.3 is 0 Å². The van der Waals surface area contributed by atoms with Crippen molar-refractivity contribution in [3.63, 3.8) is 0 Å². The Bertz CT molecular complexity index is 1180. The van der Waals surface area contributed by atoms with Crippen LogP contribution in [-0.4, -0.2) is 34.1 Å². The van der Waals surface area contributed by atoms with Gasteiger partial charge in [-0.15, -0.1) is 0 Å². The Labute approximate surface area is 172 Å². The molecular formula is C23H21F2N5. The van der Waals surface area contributed by atoms with Crippen molar-refractivity contribution in [3.8, 4) is 22.4 Å². The van der Waals surface area contributed by atoms with Crippen LogP contribution in [0.25, 0.3) is 33.3 Å². The van der Waals surface area contributed by atoms with Gasteiger partial charge in [0, 0.05) is 41.1 Å². The first-order chi connectivity index (χ1) is 14.7. The number of fused-ring (bicyclic) bond motifs is 1. The van der Waals surface area contributed by atoms with E-state index >= 15 is 0 Å². The fourth-order valence-corrected chi connectivity index (χ4v) is 4.05. The molecule has 30 heavy (non-hydrogen) atoms. The lowest BCUT2D eigenvalue weighted by Gasteiger charge is -2.24. The average Bonchev–Trinajstić information content (AvgIpc) is 3.18. The van der Waals surface area contributed by atoms with Crippen molar-refractivity contribution < 1.29 is 8.78 Å². The number of piperidine rings is 1. The molecule has 1 aliphatic heterocycles. The quantitative estimate of drug-likeness (QED) is 0.459. The number of aromatic amines is 1. The zero-order valence-electron chi connectivity index (χ0n) is 16.3. The topological polar surface area (TPSA) is 65.6 Å². The molecule has 0 atom stereocenters. The van der Waals surface area contributed by atoms with E-state index < -0.39 is 11.6 Å². The summed E-state index contributed by atoms with van der Waals surface area (Å²) in [5.74, 6) is -0.453. The molecule has 1 aliphatic rings. The number of benzene rings is 2. The zero-order chi connectivity index (χ0) is 20.5. The van der Waals surface area contributed by atoms with Crippen molar-refractivity contribution >= 4 is 16.7 Å². The molecule has 4 aromatic rings. The first-order valence-corrected chi connectivity index (χ1v) is 10.0. The largest absolute Gasteiger partial charge is 0.365 e. The van der Waals surface area contributed by atoms with E-state index in [2.05, 4.69) is 25.6 Å². The van der Waals surface area contributed by atoms with Gasteiger partial charge in [-0.25, -0.2) is 13.8 Å². The van der Waals surface area contributed by atoms with Gasteiger partial charge in [0.25, 0.3) is 0 Å². The van der Waals surface area contributed by atoms with Crippen molar-refractivity contribution in [1.82, 2.24) is 20.3 Å². The maximum absolute atomic E-state index is 14.3. The molecule has 0 amide bonds. The smallest absolute Gasteiger partial charge is 0.152 e. The molecule has 0 spiro atoms. The number of nitrogens with one attached hydrogen (secondary N) is 3. The van der Waals surface area contributed by atoms with Gasteiger partial charge in [0.15, 0.2) is 5.82 Å². The van der Waals surface area contributed by atoms with Gasteiger partial charge in [0.05, 0.1) is 5.56 Å². The third kappa shape index (κ3) is 3.41. The summed E-state index contributed by atoms with van der Waals surface area (Å²) in [6.45, 7) is 1.94. The third-order valence-corrected chi connectivity index (χ3v) is 5.57. The van der Waals surface area contributed by atoms with Crippen LogP contribution in [0, 0.1) is 11.6 Å². The van der Waals surface area contributed by atoms with E-state index in [4.69, 9.17) is 0 Å². The molecule has 0 saturated carbocycles. The predicted octanol–water partition coefficient (Wildman–Crippen LogP) is 4.73. The van der Waals surface area contributed by atoms with Crippen molar-refractivity contribution in [1.29, 1.82) is 0 Å². The molecule has 2 aromatic carbocycles. The predicted molar refractivity (Wildman–Crippen MR) is 114 cm³/mol. The van der Waals surface area contributed by atoms with Crippen LogP contribution in [0.3, 0.4) is 0 Å². The first-order valence-electron chi connectivity index (χ1n) is 10.0. The van der Waals surface area contributed by atoms with E-state index in [1.165, 1.54) is 18.2 Å². The minimum absolute atomic E-state index is 0.0289. The van der Waals surface area contributed by atoms with Crippen LogP contribution in [0.5, 0.6) is 0 Å². The minimum atomic E-state index is -0.584. The fourth-order valence-electron chi connectivity index (χ4n) is 4.05. The van der Waals surface area contributed by atoms with Crippen molar-refractivity contribution in [3.05, 3.63) is 66.6 Å². The number of hydrogen-bond acceptors (Lipinski definition) is 4. The second-order valence-corrected chi connectivity index (χ2v) is 7.48. The molecule has 0 radical (unpaired) electrons. The maximum atomic E-state index is 14.3. The number of H-pyrrole nitrogens is 1. The van der Waals surface area contributed by atoms with E-state index in [9.17, 15) is 8.78 Å². The van der Waals surface area contributed by atoms with E-state index in [1.807, 2.05) is 12.3 Å². The third-order valence-electron chi connectivity index (χ3n) is 5.57. The molecular weight excluding hydrogens is 384 g/mol. The SMILES string of the molecule is Fc1cccc(F)c1-c1ccc2[nH]cc(-c3nccnc3NC3CCNCC3)c2c1. The van der Waals surface area contributed by atoms with Crippen molar-refractivity contribution in [2.24, 2.45) is 0 Å². The van der Waals surface area contributed by atoms with Gasteiger partial charge in [0.1, 0.15) is 17.3 Å². The van der Waals surface area contributed by atoms with Crippen molar-refractivity contribution in [2.45, 2.75) is 18.9 Å². The lowest BCUT2D eigenvalue weighted by Crippen LogP contribution is -2.35. The number of aromatic nitrogens is 3. The maximum Gasteiger partial charge on any atom is 0.152 e. The van der Waals surface area contributed by atoms with Crippen LogP contribution in [-0.2, 0) is 0 Å². The Kier molecular flexibility index (Phi) is 4.88. The van der Waals surface area contributed by atoms with Gasteiger partial charge in [-0.2, -0.15) is 0 Å². The summed E-state index contributed by atoms with van der Waals surface area (Å²) in [5, 5.41) is 7.71. The molecule has 1 fully saturated rings. The summed E-state index contributed by atoms with van der Waals surface area (Å²) in [5.41, 5.74) is 2.87. The molecule has 0 bridgehead atoms. The lowest BCUT2D eigenvalue weighted by atomic mass is 10.0. The Morgan fingerprint density at radius 3 is 2.53 bits per heavy atom. The summed E-state index contributed by atoms with van der Waals surface area (Å²) in [7, 11) is 0. The lowest BCUT2D eigenvalue weighted by molar-refractivity contribution is 0.478. The highest BCUT2D eigenvalue weighted by atomic mass is 19.1. The molecule has 7 heteroatoms. The summed E-state index contributed by atoms with van der Waals surface area (Å²) in [4.78, 5) is 12.3. The second kappa shape index (κ2) is 7.84. The number of anilines is 1. The van der Waals surface area contributed by atoms with Crippen LogP contribution >= 0.6 is 0 Å². The van der Waals surface area contributed by atoms with E-state index in [1.54, 1.807) is 24.5 Å². The molecule has 152 valence electrons. The molecule has 3 heterocycles. The molecule has 0 aliphatic carbocycles. The number of rotatable bonds is 4. The fraction of sp³-hybridized carbons (Fsp3) is 0.217.